The molecule has 0 fully saturated rings. The third kappa shape index (κ3) is 2.69. The molecule has 0 heterocycles. The largest absolute Gasteiger partial charge is 0.494 e. The van der Waals surface area contributed by atoms with E-state index in [0.29, 0.717) is 15.9 Å². The molecule has 0 spiro atoms. The lowest BCUT2D eigenvalue weighted by Crippen LogP contribution is -2.04. The van der Waals surface area contributed by atoms with E-state index in [0.717, 1.165) is 0 Å². The number of hydrogen-bond acceptors (Lipinski definition) is 4. The van der Waals surface area contributed by atoms with Gasteiger partial charge in [0, 0.05) is 3.57 Å². The second kappa shape index (κ2) is 5.24. The molecule has 0 N–H and O–H groups in total. The highest BCUT2D eigenvalue weighted by Crippen LogP contribution is 2.30. The molecule has 5 nitrogen and oxygen atoms in total. The Morgan fingerprint density at radius 1 is 1.56 bits per heavy atom. The number of ether oxygens (including phenoxy) is 1. The number of carbonyl (C=O) groups excluding carboxylic acids is 1. The molecule has 0 atom stereocenters. The number of nitro groups is 1. The number of nitro benzene ring substituents is 1. The Hall–Kier alpha value is -1.18. The van der Waals surface area contributed by atoms with Crippen molar-refractivity contribution in [2.45, 2.75) is 13.8 Å². The average molecular weight is 335 g/mol. The van der Waals surface area contributed by atoms with E-state index in [2.05, 4.69) is 0 Å². The van der Waals surface area contributed by atoms with Gasteiger partial charge in [0.1, 0.15) is 11.3 Å². The number of Topliss-reactive ketones (excluding diaryl/α,β-unsaturated/α-hetero) is 1. The molecular weight excluding hydrogens is 325 g/mol. The molecule has 0 aliphatic carbocycles. The summed E-state index contributed by atoms with van der Waals surface area (Å²) in [7, 11) is 0. The highest BCUT2D eigenvalue weighted by molar-refractivity contribution is 14.1. The maximum Gasteiger partial charge on any atom is 0.284 e. The molecule has 1 rings (SSSR count). The van der Waals surface area contributed by atoms with Crippen LogP contribution in [0.3, 0.4) is 0 Å². The van der Waals surface area contributed by atoms with Crippen LogP contribution in [0.2, 0.25) is 0 Å². The first-order valence-corrected chi connectivity index (χ1v) is 5.67. The van der Waals surface area contributed by atoms with E-state index in [9.17, 15) is 14.9 Å². The van der Waals surface area contributed by atoms with Crippen LogP contribution in [0.4, 0.5) is 5.69 Å². The van der Waals surface area contributed by atoms with Gasteiger partial charge in [-0.25, -0.2) is 0 Å². The van der Waals surface area contributed by atoms with Gasteiger partial charge in [-0.2, -0.15) is 0 Å². The fraction of sp³-hybridized carbons (Fsp3) is 0.300. The predicted molar refractivity (Wildman–Crippen MR) is 67.0 cm³/mol. The molecule has 0 unspecified atom stereocenters. The van der Waals surface area contributed by atoms with Crippen molar-refractivity contribution < 1.29 is 14.5 Å². The minimum atomic E-state index is -0.568. The highest BCUT2D eigenvalue weighted by atomic mass is 127. The molecule has 0 amide bonds. The number of nitrogens with zero attached hydrogens (tertiary/aromatic N) is 1. The minimum absolute atomic E-state index is 0.133. The van der Waals surface area contributed by atoms with Crippen LogP contribution >= 0.6 is 22.6 Å². The Bertz CT molecular complexity index is 445. The molecule has 16 heavy (non-hydrogen) atoms. The number of ketones is 1. The fourth-order valence-corrected chi connectivity index (χ4v) is 2.27. The first-order valence-electron chi connectivity index (χ1n) is 4.59. The number of rotatable bonds is 4. The third-order valence-electron chi connectivity index (χ3n) is 1.90. The van der Waals surface area contributed by atoms with Crippen LogP contribution in [0.1, 0.15) is 24.2 Å². The van der Waals surface area contributed by atoms with E-state index in [1.807, 2.05) is 22.6 Å². The smallest absolute Gasteiger partial charge is 0.284 e. The van der Waals surface area contributed by atoms with Crippen molar-refractivity contribution in [2.24, 2.45) is 0 Å². The minimum Gasteiger partial charge on any atom is -0.494 e. The first-order chi connectivity index (χ1) is 7.47. The Morgan fingerprint density at radius 2 is 2.19 bits per heavy atom. The van der Waals surface area contributed by atoms with Crippen LogP contribution in [0, 0.1) is 13.7 Å². The molecule has 6 heteroatoms. The van der Waals surface area contributed by atoms with Crippen molar-refractivity contribution in [2.75, 3.05) is 6.61 Å². The zero-order valence-corrected chi connectivity index (χ0v) is 11.0. The summed E-state index contributed by atoms with van der Waals surface area (Å²) in [5, 5.41) is 10.8. The van der Waals surface area contributed by atoms with Gasteiger partial charge in [-0.3, -0.25) is 14.9 Å². The van der Waals surface area contributed by atoms with Crippen molar-refractivity contribution in [1.82, 2.24) is 0 Å². The van der Waals surface area contributed by atoms with Crippen molar-refractivity contribution in [1.29, 1.82) is 0 Å². The van der Waals surface area contributed by atoms with E-state index >= 15 is 0 Å². The van der Waals surface area contributed by atoms with Crippen molar-refractivity contribution in [3.63, 3.8) is 0 Å². The zero-order valence-electron chi connectivity index (χ0n) is 8.82. The van der Waals surface area contributed by atoms with Gasteiger partial charge >= 0.3 is 0 Å². The maximum atomic E-state index is 11.3. The van der Waals surface area contributed by atoms with Gasteiger partial charge in [0.05, 0.1) is 17.6 Å². The van der Waals surface area contributed by atoms with Gasteiger partial charge in [0.15, 0.2) is 5.78 Å². The van der Waals surface area contributed by atoms with E-state index in [-0.39, 0.29) is 17.0 Å². The summed E-state index contributed by atoms with van der Waals surface area (Å²) in [6.45, 7) is 3.52. The molecule has 0 saturated heterocycles. The van der Waals surface area contributed by atoms with Gasteiger partial charge < -0.3 is 4.74 Å². The van der Waals surface area contributed by atoms with E-state index in [1.165, 1.54) is 13.0 Å². The number of hydrogen-bond donors (Lipinski definition) is 0. The lowest BCUT2D eigenvalue weighted by atomic mass is 10.1. The van der Waals surface area contributed by atoms with Crippen LogP contribution in [-0.2, 0) is 0 Å². The quantitative estimate of drug-likeness (QED) is 0.367. The molecule has 0 radical (unpaired) electrons. The van der Waals surface area contributed by atoms with Crippen LogP contribution in [0.15, 0.2) is 12.1 Å². The van der Waals surface area contributed by atoms with E-state index < -0.39 is 4.92 Å². The summed E-state index contributed by atoms with van der Waals surface area (Å²) in [5.41, 5.74) is -0.0723. The summed E-state index contributed by atoms with van der Waals surface area (Å²) in [6, 6.07) is 2.90. The summed E-state index contributed by atoms with van der Waals surface area (Å²) >= 11 is 1.89. The fourth-order valence-electron chi connectivity index (χ4n) is 1.31. The lowest BCUT2D eigenvalue weighted by molar-refractivity contribution is -0.385. The van der Waals surface area contributed by atoms with Crippen molar-refractivity contribution >= 4 is 34.1 Å². The predicted octanol–water partition coefficient (Wildman–Crippen LogP) is 2.80. The number of halogens is 1. The molecule has 1 aromatic carbocycles. The Labute approximate surface area is 106 Å². The molecule has 0 aromatic heterocycles. The summed E-state index contributed by atoms with van der Waals surface area (Å²) in [5.74, 6) is 0.0859. The monoisotopic (exact) mass is 335 g/mol. The molecule has 0 saturated carbocycles. The van der Waals surface area contributed by atoms with Crippen molar-refractivity contribution in [3.05, 3.63) is 31.4 Å². The van der Waals surface area contributed by atoms with Crippen LogP contribution < -0.4 is 4.74 Å². The Kier molecular flexibility index (Phi) is 4.22. The van der Waals surface area contributed by atoms with Gasteiger partial charge in [0.25, 0.3) is 5.69 Å². The van der Waals surface area contributed by atoms with Crippen LogP contribution in [0.25, 0.3) is 0 Å². The van der Waals surface area contributed by atoms with Crippen LogP contribution in [0.5, 0.6) is 5.75 Å². The molecule has 0 bridgehead atoms. The standard InChI is InChI=1S/C10H10INO4/c1-3-16-7-4-8(11)10(6(2)13)9(5-7)12(14)15/h4-5H,3H2,1-2H3. The first kappa shape index (κ1) is 12.9. The van der Waals surface area contributed by atoms with Gasteiger partial charge in [0.2, 0.25) is 0 Å². The van der Waals surface area contributed by atoms with Gasteiger partial charge in [-0.15, -0.1) is 0 Å². The molecule has 86 valence electrons. The SMILES string of the molecule is CCOc1cc(I)c(C(C)=O)c([N+](=O)[O-])c1. The summed E-state index contributed by atoms with van der Waals surface area (Å²) in [6.07, 6.45) is 0. The lowest BCUT2D eigenvalue weighted by Gasteiger charge is -2.07. The molecule has 0 aliphatic heterocycles. The number of benzene rings is 1. The maximum absolute atomic E-state index is 11.3. The van der Waals surface area contributed by atoms with Crippen LogP contribution in [-0.4, -0.2) is 17.3 Å². The molecular formula is C10H10INO4. The average Bonchev–Trinajstić information content (AvgIpc) is 2.16. The number of carbonyl (C=O) groups is 1. The Balaban J connectivity index is 3.39. The summed E-state index contributed by atoms with van der Waals surface area (Å²) < 4.78 is 5.72. The third-order valence-corrected chi connectivity index (χ3v) is 2.75. The topological polar surface area (TPSA) is 69.4 Å². The Morgan fingerprint density at radius 3 is 2.62 bits per heavy atom. The van der Waals surface area contributed by atoms with E-state index in [1.54, 1.807) is 13.0 Å². The van der Waals surface area contributed by atoms with Gasteiger partial charge in [-0.1, -0.05) is 0 Å². The van der Waals surface area contributed by atoms with E-state index in [4.69, 9.17) is 4.74 Å². The normalized spacial score (nSPS) is 9.94. The van der Waals surface area contributed by atoms with Crippen molar-refractivity contribution in [3.8, 4) is 5.75 Å². The zero-order chi connectivity index (χ0) is 12.3. The summed E-state index contributed by atoms with van der Waals surface area (Å²) in [4.78, 5) is 21.6. The molecule has 0 aliphatic rings. The van der Waals surface area contributed by atoms with Gasteiger partial charge in [-0.05, 0) is 42.5 Å². The highest BCUT2D eigenvalue weighted by Gasteiger charge is 2.22. The second-order valence-corrected chi connectivity index (χ2v) is 4.21. The molecule has 1 aromatic rings. The second-order valence-electron chi connectivity index (χ2n) is 3.05.